The Kier molecular flexibility index (Phi) is 5.87. The second-order valence-electron chi connectivity index (χ2n) is 5.84. The fourth-order valence-corrected chi connectivity index (χ4v) is 2.25. The minimum Gasteiger partial charge on any atom is -0.354 e. The van der Waals surface area contributed by atoms with Crippen molar-refractivity contribution in [2.24, 2.45) is 11.7 Å². The molecule has 5 heteroatoms. The molecule has 1 aromatic carbocycles. The summed E-state index contributed by atoms with van der Waals surface area (Å²) in [4.78, 5) is 12.3. The SMILES string of the molecule is CC(C)(C(=O)NCC(N)C1CC1)c1ccc(Cl)cc1.Cl. The number of halogens is 2. The number of carbonyl (C=O) groups is 1. The van der Waals surface area contributed by atoms with Crippen LogP contribution in [-0.4, -0.2) is 18.5 Å². The van der Waals surface area contributed by atoms with Crippen molar-refractivity contribution in [1.29, 1.82) is 0 Å². The molecule has 1 saturated carbocycles. The molecular weight excluding hydrogens is 295 g/mol. The van der Waals surface area contributed by atoms with E-state index < -0.39 is 5.41 Å². The zero-order valence-corrected chi connectivity index (χ0v) is 13.4. The Balaban J connectivity index is 0.00000200. The molecular formula is C15H22Cl2N2O. The van der Waals surface area contributed by atoms with Gasteiger partial charge in [-0.05, 0) is 50.3 Å². The van der Waals surface area contributed by atoms with Crippen LogP contribution in [0, 0.1) is 5.92 Å². The fraction of sp³-hybridized carbons (Fsp3) is 0.533. The van der Waals surface area contributed by atoms with Gasteiger partial charge in [0.2, 0.25) is 5.91 Å². The van der Waals surface area contributed by atoms with Gasteiger partial charge in [-0.1, -0.05) is 23.7 Å². The molecule has 2 rings (SSSR count). The summed E-state index contributed by atoms with van der Waals surface area (Å²) in [6, 6.07) is 7.49. The number of carbonyl (C=O) groups excluding carboxylic acids is 1. The Hall–Kier alpha value is -0.770. The molecule has 20 heavy (non-hydrogen) atoms. The van der Waals surface area contributed by atoms with Crippen LogP contribution in [0.15, 0.2) is 24.3 Å². The van der Waals surface area contributed by atoms with Crippen LogP contribution in [0.5, 0.6) is 0 Å². The van der Waals surface area contributed by atoms with Crippen LogP contribution < -0.4 is 11.1 Å². The van der Waals surface area contributed by atoms with Gasteiger partial charge in [0.15, 0.2) is 0 Å². The fourth-order valence-electron chi connectivity index (χ4n) is 2.12. The zero-order valence-electron chi connectivity index (χ0n) is 11.9. The summed E-state index contributed by atoms with van der Waals surface area (Å²) in [5, 5.41) is 3.64. The molecule has 1 aliphatic rings. The van der Waals surface area contributed by atoms with Gasteiger partial charge in [-0.2, -0.15) is 0 Å². The summed E-state index contributed by atoms with van der Waals surface area (Å²) < 4.78 is 0. The molecule has 0 bridgehead atoms. The second-order valence-corrected chi connectivity index (χ2v) is 6.28. The first-order valence-electron chi connectivity index (χ1n) is 6.71. The van der Waals surface area contributed by atoms with E-state index in [1.165, 1.54) is 12.8 Å². The third kappa shape index (κ3) is 4.11. The van der Waals surface area contributed by atoms with E-state index in [9.17, 15) is 4.79 Å². The molecule has 0 aromatic heterocycles. The lowest BCUT2D eigenvalue weighted by atomic mass is 9.83. The van der Waals surface area contributed by atoms with Crippen molar-refractivity contribution in [2.45, 2.75) is 38.1 Å². The normalized spacial score (nSPS) is 16.2. The predicted octanol–water partition coefficient (Wildman–Crippen LogP) is 2.89. The minimum absolute atomic E-state index is 0. The summed E-state index contributed by atoms with van der Waals surface area (Å²) in [6.45, 7) is 4.38. The van der Waals surface area contributed by atoms with Crippen LogP contribution in [0.3, 0.4) is 0 Å². The van der Waals surface area contributed by atoms with E-state index in [0.717, 1.165) is 5.56 Å². The maximum atomic E-state index is 12.3. The average Bonchev–Trinajstić information content (AvgIpc) is 3.20. The summed E-state index contributed by atoms with van der Waals surface area (Å²) in [6.07, 6.45) is 2.38. The van der Waals surface area contributed by atoms with Gasteiger partial charge in [0.05, 0.1) is 5.41 Å². The lowest BCUT2D eigenvalue weighted by Gasteiger charge is -2.25. The number of benzene rings is 1. The van der Waals surface area contributed by atoms with Crippen LogP contribution in [-0.2, 0) is 10.2 Å². The molecule has 3 nitrogen and oxygen atoms in total. The molecule has 1 unspecified atom stereocenters. The third-order valence-corrected chi connectivity index (χ3v) is 4.11. The molecule has 1 atom stereocenters. The lowest BCUT2D eigenvalue weighted by Crippen LogP contribution is -2.45. The quantitative estimate of drug-likeness (QED) is 0.877. The number of nitrogens with one attached hydrogen (secondary N) is 1. The van der Waals surface area contributed by atoms with Crippen LogP contribution in [0.4, 0.5) is 0 Å². The third-order valence-electron chi connectivity index (χ3n) is 3.86. The number of amides is 1. The molecule has 1 fully saturated rings. The standard InChI is InChI=1S/C15H21ClN2O.ClH/c1-15(2,11-5-7-12(16)8-6-11)14(19)18-9-13(17)10-3-4-10;/h5-8,10,13H,3-4,9,17H2,1-2H3,(H,18,19);1H. The average molecular weight is 317 g/mol. The molecule has 112 valence electrons. The second kappa shape index (κ2) is 6.79. The van der Waals surface area contributed by atoms with Gasteiger partial charge in [0, 0.05) is 17.6 Å². The van der Waals surface area contributed by atoms with Crippen LogP contribution in [0.2, 0.25) is 5.02 Å². The van der Waals surface area contributed by atoms with Gasteiger partial charge in [-0.3, -0.25) is 4.79 Å². The first-order chi connectivity index (χ1) is 8.91. The van der Waals surface area contributed by atoms with Gasteiger partial charge in [-0.15, -0.1) is 12.4 Å². The van der Waals surface area contributed by atoms with Crippen molar-refractivity contribution in [2.75, 3.05) is 6.54 Å². The Bertz CT molecular complexity index is 455. The van der Waals surface area contributed by atoms with Gasteiger partial charge >= 0.3 is 0 Å². The van der Waals surface area contributed by atoms with Crippen LogP contribution >= 0.6 is 24.0 Å². The summed E-state index contributed by atoms with van der Waals surface area (Å²) >= 11 is 5.87. The molecule has 1 aromatic rings. The van der Waals surface area contributed by atoms with Gasteiger partial charge < -0.3 is 11.1 Å². The Morgan fingerprint density at radius 3 is 2.45 bits per heavy atom. The van der Waals surface area contributed by atoms with Crippen molar-refractivity contribution in [3.8, 4) is 0 Å². The largest absolute Gasteiger partial charge is 0.354 e. The molecule has 0 spiro atoms. The topological polar surface area (TPSA) is 55.1 Å². The highest BCUT2D eigenvalue weighted by Gasteiger charge is 2.32. The lowest BCUT2D eigenvalue weighted by molar-refractivity contribution is -0.125. The molecule has 0 heterocycles. The van der Waals surface area contributed by atoms with Crippen LogP contribution in [0.25, 0.3) is 0 Å². The molecule has 1 aliphatic carbocycles. The molecule has 0 aliphatic heterocycles. The minimum atomic E-state index is -0.576. The van der Waals surface area contributed by atoms with Crippen molar-refractivity contribution in [3.05, 3.63) is 34.9 Å². The monoisotopic (exact) mass is 316 g/mol. The van der Waals surface area contributed by atoms with Gasteiger partial charge in [0.25, 0.3) is 0 Å². The van der Waals surface area contributed by atoms with E-state index in [-0.39, 0.29) is 24.4 Å². The Labute approximate surface area is 131 Å². The highest BCUT2D eigenvalue weighted by Crippen LogP contribution is 2.31. The predicted molar refractivity (Wildman–Crippen MR) is 85.4 cm³/mol. The highest BCUT2D eigenvalue weighted by atomic mass is 35.5. The number of nitrogens with two attached hydrogens (primary N) is 1. The summed E-state index contributed by atoms with van der Waals surface area (Å²) in [5.74, 6) is 0.602. The number of hydrogen-bond donors (Lipinski definition) is 2. The maximum Gasteiger partial charge on any atom is 0.230 e. The van der Waals surface area contributed by atoms with Crippen LogP contribution in [0.1, 0.15) is 32.3 Å². The molecule has 3 N–H and O–H groups in total. The molecule has 0 radical (unpaired) electrons. The Morgan fingerprint density at radius 1 is 1.40 bits per heavy atom. The van der Waals surface area contributed by atoms with Gasteiger partial charge in [0.1, 0.15) is 0 Å². The zero-order chi connectivity index (χ0) is 14.0. The highest BCUT2D eigenvalue weighted by molar-refractivity contribution is 6.30. The van der Waals surface area contributed by atoms with Crippen molar-refractivity contribution >= 4 is 29.9 Å². The number of rotatable bonds is 5. The van der Waals surface area contributed by atoms with Crippen molar-refractivity contribution in [1.82, 2.24) is 5.32 Å². The van der Waals surface area contributed by atoms with E-state index in [0.29, 0.717) is 17.5 Å². The van der Waals surface area contributed by atoms with Crippen molar-refractivity contribution in [3.63, 3.8) is 0 Å². The molecule has 1 amide bonds. The van der Waals surface area contributed by atoms with E-state index in [1.807, 2.05) is 38.1 Å². The first-order valence-corrected chi connectivity index (χ1v) is 7.09. The van der Waals surface area contributed by atoms with E-state index >= 15 is 0 Å². The van der Waals surface area contributed by atoms with E-state index in [1.54, 1.807) is 0 Å². The van der Waals surface area contributed by atoms with E-state index in [4.69, 9.17) is 17.3 Å². The number of hydrogen-bond acceptors (Lipinski definition) is 2. The maximum absolute atomic E-state index is 12.3. The first kappa shape index (κ1) is 17.3. The van der Waals surface area contributed by atoms with Gasteiger partial charge in [-0.25, -0.2) is 0 Å². The Morgan fingerprint density at radius 2 is 1.95 bits per heavy atom. The summed E-state index contributed by atoms with van der Waals surface area (Å²) in [5.41, 5.74) is 6.37. The smallest absolute Gasteiger partial charge is 0.230 e. The molecule has 0 saturated heterocycles. The van der Waals surface area contributed by atoms with Crippen molar-refractivity contribution < 1.29 is 4.79 Å². The van der Waals surface area contributed by atoms with E-state index in [2.05, 4.69) is 5.32 Å². The summed E-state index contributed by atoms with van der Waals surface area (Å²) in [7, 11) is 0.